The first-order valence-electron chi connectivity index (χ1n) is 9.16. The molecule has 0 fully saturated rings. The number of alkyl halides is 3. The fraction of sp³-hybridized carbons (Fsp3) is 0.130. The second kappa shape index (κ2) is 10.3. The topological polar surface area (TPSA) is 74.2 Å². The van der Waals surface area contributed by atoms with Crippen molar-refractivity contribution in [2.45, 2.75) is 13.1 Å². The van der Waals surface area contributed by atoms with Crippen LogP contribution >= 0.6 is 0 Å². The van der Waals surface area contributed by atoms with Gasteiger partial charge >= 0.3 is 6.18 Å². The van der Waals surface area contributed by atoms with Gasteiger partial charge in [0.15, 0.2) is 0 Å². The summed E-state index contributed by atoms with van der Waals surface area (Å²) in [4.78, 5) is 12.6. The number of allylic oxidation sites excluding steroid dienone is 2. The van der Waals surface area contributed by atoms with Gasteiger partial charge in [0.1, 0.15) is 5.76 Å². The van der Waals surface area contributed by atoms with E-state index in [1.54, 1.807) is 13.0 Å². The van der Waals surface area contributed by atoms with Gasteiger partial charge in [-0.25, -0.2) is 0 Å². The van der Waals surface area contributed by atoms with Crippen LogP contribution in [0.4, 0.5) is 24.5 Å². The normalized spacial score (nSPS) is 12.5. The number of carbonyl (C=O) groups excluding carboxylic acids is 1. The number of hydrogen-bond acceptors (Lipinski definition) is 4. The third-order valence-electron chi connectivity index (χ3n) is 4.24. The molecule has 0 heterocycles. The monoisotopic (exact) mass is 429 g/mol. The molecule has 5 nitrogen and oxygen atoms in total. The summed E-state index contributed by atoms with van der Waals surface area (Å²) in [7, 11) is 1.34. The van der Waals surface area contributed by atoms with Gasteiger partial charge in [-0.2, -0.15) is 13.2 Å². The van der Waals surface area contributed by atoms with Gasteiger partial charge in [-0.15, -0.1) is 0 Å². The Morgan fingerprint density at radius 3 is 2.10 bits per heavy atom. The van der Waals surface area contributed by atoms with Crippen molar-refractivity contribution in [2.75, 3.05) is 17.7 Å². The highest BCUT2D eigenvalue weighted by Crippen LogP contribution is 2.30. The van der Waals surface area contributed by atoms with Crippen LogP contribution in [-0.2, 0) is 15.7 Å². The van der Waals surface area contributed by atoms with E-state index in [1.165, 1.54) is 7.11 Å². The first-order chi connectivity index (χ1) is 14.7. The highest BCUT2D eigenvalue weighted by atomic mass is 19.4. The summed E-state index contributed by atoms with van der Waals surface area (Å²) in [6.07, 6.45) is -1.72. The van der Waals surface area contributed by atoms with Crippen molar-refractivity contribution in [3.8, 4) is 0 Å². The van der Waals surface area contributed by atoms with Crippen LogP contribution in [0.3, 0.4) is 0 Å². The number of benzene rings is 2. The molecule has 2 aromatic rings. The Bertz CT molecular complexity index is 1010. The number of anilines is 2. The third-order valence-corrected chi connectivity index (χ3v) is 4.24. The van der Waals surface area contributed by atoms with Gasteiger partial charge in [0.25, 0.3) is 5.91 Å². The number of rotatable bonds is 8. The van der Waals surface area contributed by atoms with E-state index in [9.17, 15) is 18.0 Å². The van der Waals surface area contributed by atoms with Crippen LogP contribution in [-0.4, -0.2) is 19.2 Å². The minimum Gasteiger partial charge on any atom is -0.495 e. The van der Waals surface area contributed by atoms with Crippen molar-refractivity contribution in [1.29, 1.82) is 5.41 Å². The van der Waals surface area contributed by atoms with Crippen LogP contribution in [0.15, 0.2) is 89.9 Å². The van der Waals surface area contributed by atoms with Crippen molar-refractivity contribution < 1.29 is 22.7 Å². The lowest BCUT2D eigenvalue weighted by Gasteiger charge is -2.17. The number of ether oxygens (including phenoxy) is 1. The van der Waals surface area contributed by atoms with E-state index >= 15 is 0 Å². The van der Waals surface area contributed by atoms with Crippen LogP contribution in [0.5, 0.6) is 0 Å². The number of para-hydroxylation sites is 1. The molecule has 0 bridgehead atoms. The van der Waals surface area contributed by atoms with Crippen molar-refractivity contribution >= 4 is 23.5 Å². The minimum atomic E-state index is -4.47. The maximum atomic E-state index is 12.7. The van der Waals surface area contributed by atoms with E-state index in [-0.39, 0.29) is 22.6 Å². The fourth-order valence-corrected chi connectivity index (χ4v) is 2.69. The lowest BCUT2D eigenvalue weighted by Crippen LogP contribution is -2.18. The molecule has 0 atom stereocenters. The average molecular weight is 429 g/mol. The quantitative estimate of drug-likeness (QED) is 0.216. The summed E-state index contributed by atoms with van der Waals surface area (Å²) in [6.45, 7) is 5.50. The molecule has 0 aliphatic carbocycles. The van der Waals surface area contributed by atoms with E-state index in [4.69, 9.17) is 10.1 Å². The van der Waals surface area contributed by atoms with Crippen LogP contribution in [0.2, 0.25) is 0 Å². The molecule has 0 unspecified atom stereocenters. The summed E-state index contributed by atoms with van der Waals surface area (Å²) in [5, 5.41) is 13.4. The molecule has 1 amide bonds. The van der Waals surface area contributed by atoms with Gasteiger partial charge in [-0.3, -0.25) is 4.79 Å². The van der Waals surface area contributed by atoms with E-state index in [2.05, 4.69) is 17.2 Å². The summed E-state index contributed by atoms with van der Waals surface area (Å²) in [5.41, 5.74) is 0.820. The van der Waals surface area contributed by atoms with Crippen molar-refractivity contribution in [2.24, 2.45) is 0 Å². The molecule has 2 rings (SSSR count). The van der Waals surface area contributed by atoms with Crippen LogP contribution in [0, 0.1) is 5.41 Å². The molecular formula is C23H22F3N3O2. The molecule has 2 aromatic carbocycles. The number of nitrogens with one attached hydrogen (secondary N) is 3. The lowest BCUT2D eigenvalue weighted by atomic mass is 10.1. The van der Waals surface area contributed by atoms with Gasteiger partial charge in [-0.05, 0) is 43.3 Å². The zero-order valence-electron chi connectivity index (χ0n) is 17.0. The summed E-state index contributed by atoms with van der Waals surface area (Å²) in [6, 6.07) is 13.3. The Hall–Kier alpha value is -3.81. The summed E-state index contributed by atoms with van der Waals surface area (Å²) < 4.78 is 43.4. The number of carbonyl (C=O) groups is 1. The molecule has 8 heteroatoms. The van der Waals surface area contributed by atoms with Gasteiger partial charge in [-0.1, -0.05) is 30.9 Å². The van der Waals surface area contributed by atoms with Crippen molar-refractivity contribution in [3.63, 3.8) is 0 Å². The minimum absolute atomic E-state index is 0.0518. The second-order valence-corrected chi connectivity index (χ2v) is 6.29. The van der Waals surface area contributed by atoms with E-state index in [1.807, 2.05) is 30.3 Å². The Kier molecular flexibility index (Phi) is 7.79. The molecule has 0 spiro atoms. The predicted octanol–water partition coefficient (Wildman–Crippen LogP) is 5.77. The highest BCUT2D eigenvalue weighted by molar-refractivity contribution is 6.07. The maximum absolute atomic E-state index is 12.7. The lowest BCUT2D eigenvalue weighted by molar-refractivity contribution is -0.137. The van der Waals surface area contributed by atoms with Gasteiger partial charge < -0.3 is 20.8 Å². The summed E-state index contributed by atoms with van der Waals surface area (Å²) >= 11 is 0. The smallest absolute Gasteiger partial charge is 0.416 e. The standard InChI is InChI=1S/C23H22F3N3O2/c1-4-20(28-17-8-6-5-7-9-17)19(14-27)21(31-3)15(2)22(30)29-18-12-10-16(11-13-18)23(24,25)26/h4-14,27-28H,2H2,1,3H3,(H,29,30)/b20-4+,21-19+,27-14?. The highest BCUT2D eigenvalue weighted by Gasteiger charge is 2.30. The summed E-state index contributed by atoms with van der Waals surface area (Å²) in [5.74, 6) is -0.623. The van der Waals surface area contributed by atoms with Crippen LogP contribution in [0.25, 0.3) is 0 Å². The molecule has 0 aromatic heterocycles. The third kappa shape index (κ3) is 6.08. The molecule has 0 aliphatic heterocycles. The van der Waals surface area contributed by atoms with E-state index < -0.39 is 17.6 Å². The molecule has 0 saturated heterocycles. The molecule has 0 radical (unpaired) electrons. The molecule has 3 N–H and O–H groups in total. The fourth-order valence-electron chi connectivity index (χ4n) is 2.69. The predicted molar refractivity (Wildman–Crippen MR) is 116 cm³/mol. The first-order valence-corrected chi connectivity index (χ1v) is 9.16. The van der Waals surface area contributed by atoms with Crippen LogP contribution < -0.4 is 10.6 Å². The Balaban J connectivity index is 2.26. The Morgan fingerprint density at radius 2 is 1.61 bits per heavy atom. The van der Waals surface area contributed by atoms with Crippen molar-refractivity contribution in [1.82, 2.24) is 0 Å². The maximum Gasteiger partial charge on any atom is 0.416 e. The molecule has 31 heavy (non-hydrogen) atoms. The number of hydrogen-bond donors (Lipinski definition) is 3. The molecule has 162 valence electrons. The largest absolute Gasteiger partial charge is 0.495 e. The molecular weight excluding hydrogens is 407 g/mol. The first kappa shape index (κ1) is 23.5. The number of methoxy groups -OCH3 is 1. The number of halogens is 3. The zero-order valence-corrected chi connectivity index (χ0v) is 17.0. The van der Waals surface area contributed by atoms with Gasteiger partial charge in [0, 0.05) is 23.3 Å². The van der Waals surface area contributed by atoms with Gasteiger partial charge in [0.05, 0.1) is 23.8 Å². The number of amides is 1. The van der Waals surface area contributed by atoms with Crippen molar-refractivity contribution in [3.05, 3.63) is 95.4 Å². The van der Waals surface area contributed by atoms with Gasteiger partial charge in [0.2, 0.25) is 0 Å². The zero-order chi connectivity index (χ0) is 23.0. The second-order valence-electron chi connectivity index (χ2n) is 6.29. The Morgan fingerprint density at radius 1 is 1.03 bits per heavy atom. The molecule has 0 aliphatic rings. The molecule has 0 saturated carbocycles. The van der Waals surface area contributed by atoms with Crippen LogP contribution in [0.1, 0.15) is 12.5 Å². The average Bonchev–Trinajstić information content (AvgIpc) is 2.76. The van der Waals surface area contributed by atoms with E-state index in [0.29, 0.717) is 5.70 Å². The SMILES string of the molecule is C=C(C(=O)Nc1ccc(C(F)(F)F)cc1)/C(OC)=C(C=N)\C(=C/C)Nc1ccccc1. The Labute approximate surface area is 178 Å². The van der Waals surface area contributed by atoms with E-state index in [0.717, 1.165) is 36.2 Å².